The number of anilines is 1. The van der Waals surface area contributed by atoms with Gasteiger partial charge < -0.3 is 15.0 Å². The summed E-state index contributed by atoms with van der Waals surface area (Å²) in [5.41, 5.74) is 1.90. The van der Waals surface area contributed by atoms with E-state index in [-0.39, 0.29) is 5.82 Å². The molecule has 0 amide bonds. The molecule has 0 aromatic heterocycles. The van der Waals surface area contributed by atoms with Gasteiger partial charge in [0.1, 0.15) is 5.82 Å². The van der Waals surface area contributed by atoms with Crippen LogP contribution in [0.4, 0.5) is 10.1 Å². The fourth-order valence-corrected chi connectivity index (χ4v) is 3.16. The standard InChI is InChI=1S/C17H25FN2O/c1-21-12-13-7-9-20(10-8-13)17-14(3-2-4-16(17)18)11-19-15-5-6-15/h2-4,13,15,19H,5-12H2,1H3. The van der Waals surface area contributed by atoms with Gasteiger partial charge in [-0.25, -0.2) is 4.39 Å². The Balaban J connectivity index is 1.68. The Hall–Kier alpha value is -1.13. The minimum Gasteiger partial charge on any atom is -0.384 e. The van der Waals surface area contributed by atoms with Crippen molar-refractivity contribution >= 4 is 5.69 Å². The Morgan fingerprint density at radius 1 is 1.24 bits per heavy atom. The van der Waals surface area contributed by atoms with Crippen molar-refractivity contribution in [1.82, 2.24) is 5.32 Å². The van der Waals surface area contributed by atoms with Gasteiger partial charge in [-0.15, -0.1) is 0 Å². The number of benzene rings is 1. The van der Waals surface area contributed by atoms with Crippen molar-refractivity contribution < 1.29 is 9.13 Å². The van der Waals surface area contributed by atoms with Crippen molar-refractivity contribution in [3.63, 3.8) is 0 Å². The van der Waals surface area contributed by atoms with Gasteiger partial charge in [0.05, 0.1) is 5.69 Å². The first-order valence-corrected chi connectivity index (χ1v) is 8.02. The molecule has 0 radical (unpaired) electrons. The maximum Gasteiger partial charge on any atom is 0.146 e. The molecule has 3 nitrogen and oxygen atoms in total. The second-order valence-electron chi connectivity index (χ2n) is 6.29. The number of nitrogens with zero attached hydrogens (tertiary/aromatic N) is 1. The van der Waals surface area contributed by atoms with Gasteiger partial charge in [-0.05, 0) is 43.2 Å². The predicted molar refractivity (Wildman–Crippen MR) is 83.1 cm³/mol. The summed E-state index contributed by atoms with van der Waals surface area (Å²) >= 11 is 0. The van der Waals surface area contributed by atoms with Gasteiger partial charge in [0, 0.05) is 39.4 Å². The van der Waals surface area contributed by atoms with Gasteiger partial charge in [0.2, 0.25) is 0 Å². The van der Waals surface area contributed by atoms with Crippen LogP contribution in [0.15, 0.2) is 18.2 Å². The van der Waals surface area contributed by atoms with Gasteiger partial charge in [-0.3, -0.25) is 0 Å². The van der Waals surface area contributed by atoms with Crippen LogP contribution in [-0.4, -0.2) is 32.8 Å². The van der Waals surface area contributed by atoms with E-state index in [9.17, 15) is 4.39 Å². The molecule has 0 unspecified atom stereocenters. The SMILES string of the molecule is COCC1CCN(c2c(F)cccc2CNC2CC2)CC1. The van der Waals surface area contributed by atoms with Crippen molar-refractivity contribution in [3.8, 4) is 0 Å². The highest BCUT2D eigenvalue weighted by Gasteiger charge is 2.25. The molecule has 1 aliphatic heterocycles. The summed E-state index contributed by atoms with van der Waals surface area (Å²) in [4.78, 5) is 2.21. The van der Waals surface area contributed by atoms with Crippen LogP contribution in [-0.2, 0) is 11.3 Å². The quantitative estimate of drug-likeness (QED) is 0.872. The number of piperidine rings is 1. The number of hydrogen-bond acceptors (Lipinski definition) is 3. The number of hydrogen-bond donors (Lipinski definition) is 1. The lowest BCUT2D eigenvalue weighted by Gasteiger charge is -2.34. The Morgan fingerprint density at radius 3 is 2.67 bits per heavy atom. The monoisotopic (exact) mass is 292 g/mol. The van der Waals surface area contributed by atoms with Crippen LogP contribution in [0.2, 0.25) is 0 Å². The van der Waals surface area contributed by atoms with Gasteiger partial charge in [-0.1, -0.05) is 12.1 Å². The van der Waals surface area contributed by atoms with Crippen LogP contribution in [0.1, 0.15) is 31.2 Å². The van der Waals surface area contributed by atoms with Crippen molar-refractivity contribution in [2.75, 3.05) is 31.7 Å². The zero-order valence-electron chi connectivity index (χ0n) is 12.8. The van der Waals surface area contributed by atoms with Gasteiger partial charge >= 0.3 is 0 Å². The molecule has 1 aliphatic carbocycles. The second kappa shape index (κ2) is 6.75. The van der Waals surface area contributed by atoms with E-state index in [1.165, 1.54) is 12.8 Å². The lowest BCUT2D eigenvalue weighted by atomic mass is 9.96. The average Bonchev–Trinajstić information content (AvgIpc) is 3.31. The predicted octanol–water partition coefficient (Wildman–Crippen LogP) is 2.94. The number of ether oxygens (including phenoxy) is 1. The molecule has 1 N–H and O–H groups in total. The molecule has 116 valence electrons. The van der Waals surface area contributed by atoms with E-state index in [4.69, 9.17) is 4.74 Å². The third kappa shape index (κ3) is 3.74. The summed E-state index contributed by atoms with van der Waals surface area (Å²) in [5, 5.41) is 3.50. The number of rotatable bonds is 6. The van der Waals surface area contributed by atoms with Crippen molar-refractivity contribution in [3.05, 3.63) is 29.6 Å². The summed E-state index contributed by atoms with van der Waals surface area (Å²) in [6.45, 7) is 3.44. The minimum absolute atomic E-state index is 0.0877. The normalized spacial score (nSPS) is 20.0. The first-order valence-electron chi connectivity index (χ1n) is 8.02. The Labute approximate surface area is 126 Å². The third-order valence-corrected chi connectivity index (χ3v) is 4.56. The van der Waals surface area contributed by atoms with Crippen molar-refractivity contribution in [2.45, 2.75) is 38.3 Å². The highest BCUT2D eigenvalue weighted by Crippen LogP contribution is 2.30. The lowest BCUT2D eigenvalue weighted by molar-refractivity contribution is 0.139. The Kier molecular flexibility index (Phi) is 4.76. The molecule has 1 aromatic rings. The van der Waals surface area contributed by atoms with Crippen LogP contribution in [0, 0.1) is 11.7 Å². The van der Waals surface area contributed by atoms with Crippen LogP contribution in [0.25, 0.3) is 0 Å². The third-order valence-electron chi connectivity index (χ3n) is 4.56. The second-order valence-corrected chi connectivity index (χ2v) is 6.29. The van der Waals surface area contributed by atoms with E-state index < -0.39 is 0 Å². The van der Waals surface area contributed by atoms with Crippen molar-refractivity contribution in [1.29, 1.82) is 0 Å². The van der Waals surface area contributed by atoms with Crippen LogP contribution >= 0.6 is 0 Å². The summed E-state index contributed by atoms with van der Waals surface area (Å²) in [6.07, 6.45) is 4.68. The Morgan fingerprint density at radius 2 is 2.00 bits per heavy atom. The first-order chi connectivity index (χ1) is 10.3. The lowest BCUT2D eigenvalue weighted by Crippen LogP contribution is -2.36. The maximum absolute atomic E-state index is 14.3. The molecule has 1 saturated heterocycles. The van der Waals surface area contributed by atoms with E-state index in [0.29, 0.717) is 12.0 Å². The number of para-hydroxylation sites is 1. The van der Waals surface area contributed by atoms with Crippen molar-refractivity contribution in [2.24, 2.45) is 5.92 Å². The van der Waals surface area contributed by atoms with Crippen LogP contribution in [0.3, 0.4) is 0 Å². The zero-order valence-corrected chi connectivity index (χ0v) is 12.8. The summed E-state index contributed by atoms with van der Waals surface area (Å²) in [7, 11) is 1.75. The van der Waals surface area contributed by atoms with E-state index in [1.54, 1.807) is 13.2 Å². The fraction of sp³-hybridized carbons (Fsp3) is 0.647. The van der Waals surface area contributed by atoms with E-state index in [2.05, 4.69) is 16.3 Å². The molecule has 3 rings (SSSR count). The largest absolute Gasteiger partial charge is 0.384 e. The molecule has 0 bridgehead atoms. The van der Waals surface area contributed by atoms with Crippen LogP contribution < -0.4 is 10.2 Å². The molecular formula is C17H25FN2O. The fourth-order valence-electron chi connectivity index (χ4n) is 3.16. The molecule has 1 aromatic carbocycles. The minimum atomic E-state index is -0.0877. The molecule has 2 fully saturated rings. The summed E-state index contributed by atoms with van der Waals surface area (Å²) in [6, 6.07) is 6.10. The molecule has 1 saturated carbocycles. The molecule has 0 atom stereocenters. The zero-order chi connectivity index (χ0) is 14.7. The highest BCUT2D eigenvalue weighted by atomic mass is 19.1. The number of halogens is 1. The molecule has 1 heterocycles. The van der Waals surface area contributed by atoms with E-state index in [1.807, 2.05) is 6.07 Å². The molecule has 0 spiro atoms. The molecule has 21 heavy (non-hydrogen) atoms. The molecule has 4 heteroatoms. The number of nitrogens with one attached hydrogen (secondary N) is 1. The smallest absolute Gasteiger partial charge is 0.146 e. The molecular weight excluding hydrogens is 267 g/mol. The van der Waals surface area contributed by atoms with E-state index in [0.717, 1.165) is 50.3 Å². The first kappa shape index (κ1) is 14.8. The van der Waals surface area contributed by atoms with Gasteiger partial charge in [-0.2, -0.15) is 0 Å². The van der Waals surface area contributed by atoms with Gasteiger partial charge in [0.25, 0.3) is 0 Å². The topological polar surface area (TPSA) is 24.5 Å². The average molecular weight is 292 g/mol. The maximum atomic E-state index is 14.3. The van der Waals surface area contributed by atoms with Crippen LogP contribution in [0.5, 0.6) is 0 Å². The Bertz CT molecular complexity index is 468. The molecule has 2 aliphatic rings. The van der Waals surface area contributed by atoms with Gasteiger partial charge in [0.15, 0.2) is 0 Å². The highest BCUT2D eigenvalue weighted by molar-refractivity contribution is 5.55. The number of methoxy groups -OCH3 is 1. The summed E-state index contributed by atoms with van der Waals surface area (Å²) < 4.78 is 19.6. The van der Waals surface area contributed by atoms with E-state index >= 15 is 0 Å². The summed E-state index contributed by atoms with van der Waals surface area (Å²) in [5.74, 6) is 0.529.